The Morgan fingerprint density at radius 2 is 1.78 bits per heavy atom. The number of hydrogen-bond acceptors (Lipinski definition) is 1. The molecule has 0 spiro atoms. The molecule has 1 rings (SSSR count). The van der Waals surface area contributed by atoms with Crippen LogP contribution in [0.2, 0.25) is 0 Å². The third-order valence-electron chi connectivity index (χ3n) is 3.54. The second kappa shape index (κ2) is 7.16. The van der Waals surface area contributed by atoms with Crippen molar-refractivity contribution in [2.24, 2.45) is 5.41 Å². The summed E-state index contributed by atoms with van der Waals surface area (Å²) in [5.41, 5.74) is 4.51. The van der Waals surface area contributed by atoms with Gasteiger partial charge in [-0.1, -0.05) is 32.0 Å². The van der Waals surface area contributed by atoms with Crippen LogP contribution in [0.3, 0.4) is 0 Å². The van der Waals surface area contributed by atoms with Crippen molar-refractivity contribution in [3.05, 3.63) is 34.9 Å². The number of benzene rings is 1. The number of aryl methyl sites for hydroxylation is 2. The van der Waals surface area contributed by atoms with E-state index in [9.17, 15) is 0 Å². The van der Waals surface area contributed by atoms with Gasteiger partial charge in [0, 0.05) is 19.0 Å². The Morgan fingerprint density at radius 3 is 2.33 bits per heavy atom. The number of rotatable bonds is 7. The molecule has 0 aliphatic heterocycles. The van der Waals surface area contributed by atoms with Gasteiger partial charge in [-0.15, -0.1) is 11.6 Å². The third kappa shape index (κ3) is 4.99. The molecular weight excluding hydrogens is 242 g/mol. The average molecular weight is 268 g/mol. The second-order valence-corrected chi connectivity index (χ2v) is 6.31. The Kier molecular flexibility index (Phi) is 6.17. The molecule has 0 saturated carbocycles. The SMILES string of the molecule is Cc1cccc(C)c1CNCC(C)(C)CCCCl. The van der Waals surface area contributed by atoms with Crippen molar-refractivity contribution in [3.63, 3.8) is 0 Å². The lowest BCUT2D eigenvalue weighted by Crippen LogP contribution is -2.29. The maximum absolute atomic E-state index is 5.76. The van der Waals surface area contributed by atoms with Crippen LogP contribution < -0.4 is 5.32 Å². The summed E-state index contributed by atoms with van der Waals surface area (Å²) in [4.78, 5) is 0. The van der Waals surface area contributed by atoms with E-state index in [1.165, 1.54) is 23.1 Å². The molecule has 18 heavy (non-hydrogen) atoms. The van der Waals surface area contributed by atoms with E-state index in [0.717, 1.165) is 25.4 Å². The Morgan fingerprint density at radius 1 is 1.17 bits per heavy atom. The van der Waals surface area contributed by atoms with E-state index in [-0.39, 0.29) is 0 Å². The molecule has 1 aromatic carbocycles. The Bertz CT molecular complexity index is 351. The summed E-state index contributed by atoms with van der Waals surface area (Å²) in [6.07, 6.45) is 2.27. The fourth-order valence-corrected chi connectivity index (χ4v) is 2.42. The first-order valence-electron chi connectivity index (χ1n) is 6.78. The van der Waals surface area contributed by atoms with Gasteiger partial charge in [0.2, 0.25) is 0 Å². The number of alkyl halides is 1. The minimum absolute atomic E-state index is 0.325. The van der Waals surface area contributed by atoms with Gasteiger partial charge in [0.05, 0.1) is 0 Å². The molecule has 1 nitrogen and oxygen atoms in total. The monoisotopic (exact) mass is 267 g/mol. The first-order valence-corrected chi connectivity index (χ1v) is 7.31. The molecule has 0 aliphatic rings. The zero-order chi connectivity index (χ0) is 13.6. The predicted molar refractivity (Wildman–Crippen MR) is 81.4 cm³/mol. The van der Waals surface area contributed by atoms with E-state index in [1.807, 2.05) is 0 Å². The van der Waals surface area contributed by atoms with Gasteiger partial charge in [0.1, 0.15) is 0 Å². The zero-order valence-electron chi connectivity index (χ0n) is 12.1. The fraction of sp³-hybridized carbons (Fsp3) is 0.625. The van der Waals surface area contributed by atoms with Crippen molar-refractivity contribution < 1.29 is 0 Å². The highest BCUT2D eigenvalue weighted by molar-refractivity contribution is 6.17. The molecule has 0 aliphatic carbocycles. The second-order valence-electron chi connectivity index (χ2n) is 5.93. The number of halogens is 1. The molecule has 1 N–H and O–H groups in total. The molecule has 0 unspecified atom stereocenters. The van der Waals surface area contributed by atoms with Crippen LogP contribution in [0.15, 0.2) is 18.2 Å². The molecule has 0 radical (unpaired) electrons. The van der Waals surface area contributed by atoms with Gasteiger partial charge >= 0.3 is 0 Å². The van der Waals surface area contributed by atoms with Gasteiger partial charge in [-0.25, -0.2) is 0 Å². The highest BCUT2D eigenvalue weighted by Gasteiger charge is 2.16. The third-order valence-corrected chi connectivity index (χ3v) is 3.80. The highest BCUT2D eigenvalue weighted by atomic mass is 35.5. The lowest BCUT2D eigenvalue weighted by molar-refractivity contribution is 0.311. The molecule has 2 heteroatoms. The van der Waals surface area contributed by atoms with E-state index in [0.29, 0.717) is 5.41 Å². The normalized spacial score (nSPS) is 11.8. The van der Waals surface area contributed by atoms with Gasteiger partial charge in [0.25, 0.3) is 0 Å². The van der Waals surface area contributed by atoms with Crippen molar-refractivity contribution in [1.29, 1.82) is 0 Å². The van der Waals surface area contributed by atoms with E-state index >= 15 is 0 Å². The standard InChI is InChI=1S/C16H26ClN/c1-13-7-5-8-14(2)15(13)11-18-12-16(3,4)9-6-10-17/h5,7-8,18H,6,9-12H2,1-4H3. The Hall–Kier alpha value is -0.530. The molecule has 0 saturated heterocycles. The molecule has 102 valence electrons. The predicted octanol–water partition coefficient (Wildman–Crippen LogP) is 4.44. The quantitative estimate of drug-likeness (QED) is 0.721. The fourth-order valence-electron chi connectivity index (χ4n) is 2.29. The molecule has 0 fully saturated rings. The van der Waals surface area contributed by atoms with E-state index < -0.39 is 0 Å². The highest BCUT2D eigenvalue weighted by Crippen LogP contribution is 2.22. The van der Waals surface area contributed by atoms with Crippen LogP contribution in [-0.2, 0) is 6.54 Å². The maximum Gasteiger partial charge on any atom is 0.0223 e. The van der Waals surface area contributed by atoms with Crippen molar-refractivity contribution in [2.75, 3.05) is 12.4 Å². The van der Waals surface area contributed by atoms with Crippen molar-refractivity contribution >= 4 is 11.6 Å². The summed E-state index contributed by atoms with van der Waals surface area (Å²) in [6, 6.07) is 6.49. The van der Waals surface area contributed by atoms with Gasteiger partial charge in [0.15, 0.2) is 0 Å². The van der Waals surface area contributed by atoms with Crippen molar-refractivity contribution in [1.82, 2.24) is 5.32 Å². The van der Waals surface area contributed by atoms with Crippen molar-refractivity contribution in [3.8, 4) is 0 Å². The van der Waals surface area contributed by atoms with E-state index in [4.69, 9.17) is 11.6 Å². The molecule has 1 aromatic rings. The largest absolute Gasteiger partial charge is 0.312 e. The molecular formula is C16H26ClN. The Balaban J connectivity index is 2.46. The van der Waals surface area contributed by atoms with Crippen molar-refractivity contribution in [2.45, 2.75) is 47.1 Å². The summed E-state index contributed by atoms with van der Waals surface area (Å²) < 4.78 is 0. The topological polar surface area (TPSA) is 12.0 Å². The Labute approximate surface area is 117 Å². The van der Waals surface area contributed by atoms with Crippen LogP contribution in [0.5, 0.6) is 0 Å². The van der Waals surface area contributed by atoms with Crippen LogP contribution >= 0.6 is 11.6 Å². The molecule has 0 amide bonds. The van der Waals surface area contributed by atoms with Gasteiger partial charge in [-0.3, -0.25) is 0 Å². The lowest BCUT2D eigenvalue weighted by atomic mass is 9.88. The minimum atomic E-state index is 0.325. The van der Waals surface area contributed by atoms with E-state index in [1.54, 1.807) is 0 Å². The minimum Gasteiger partial charge on any atom is -0.312 e. The smallest absolute Gasteiger partial charge is 0.0223 e. The summed E-state index contributed by atoms with van der Waals surface area (Å²) in [6.45, 7) is 11.0. The van der Waals surface area contributed by atoms with Gasteiger partial charge in [-0.05, 0) is 48.8 Å². The molecule has 0 atom stereocenters. The summed E-state index contributed by atoms with van der Waals surface area (Å²) in [5.74, 6) is 0.764. The van der Waals surface area contributed by atoms with Crippen LogP contribution in [0.25, 0.3) is 0 Å². The van der Waals surface area contributed by atoms with Gasteiger partial charge in [-0.2, -0.15) is 0 Å². The number of nitrogens with one attached hydrogen (secondary N) is 1. The average Bonchev–Trinajstić information content (AvgIpc) is 2.30. The lowest BCUT2D eigenvalue weighted by Gasteiger charge is -2.25. The van der Waals surface area contributed by atoms with E-state index in [2.05, 4.69) is 51.2 Å². The maximum atomic E-state index is 5.76. The molecule has 0 bridgehead atoms. The van der Waals surface area contributed by atoms with Crippen LogP contribution in [0.4, 0.5) is 0 Å². The van der Waals surface area contributed by atoms with Crippen LogP contribution in [0, 0.1) is 19.3 Å². The summed E-state index contributed by atoms with van der Waals surface area (Å²) in [7, 11) is 0. The molecule has 0 aromatic heterocycles. The first-order chi connectivity index (χ1) is 8.46. The van der Waals surface area contributed by atoms with Crippen LogP contribution in [-0.4, -0.2) is 12.4 Å². The first kappa shape index (κ1) is 15.5. The molecule has 0 heterocycles. The number of hydrogen-bond donors (Lipinski definition) is 1. The zero-order valence-corrected chi connectivity index (χ0v) is 12.9. The summed E-state index contributed by atoms with van der Waals surface area (Å²) in [5, 5.41) is 3.59. The summed E-state index contributed by atoms with van der Waals surface area (Å²) >= 11 is 5.76. The van der Waals surface area contributed by atoms with Gasteiger partial charge < -0.3 is 5.32 Å². The van der Waals surface area contributed by atoms with Crippen LogP contribution in [0.1, 0.15) is 43.4 Å².